The molecule has 0 aliphatic rings. The van der Waals surface area contributed by atoms with E-state index in [4.69, 9.17) is 0 Å². The summed E-state index contributed by atoms with van der Waals surface area (Å²) in [5.74, 6) is 2.11. The first kappa shape index (κ1) is 14.3. The second kappa shape index (κ2) is 6.89. The van der Waals surface area contributed by atoms with Crippen LogP contribution in [0.3, 0.4) is 0 Å². The Hall–Kier alpha value is -2.10. The van der Waals surface area contributed by atoms with Crippen molar-refractivity contribution in [1.29, 1.82) is 0 Å². The van der Waals surface area contributed by atoms with Gasteiger partial charge in [0.1, 0.15) is 5.82 Å². The van der Waals surface area contributed by atoms with Gasteiger partial charge in [-0.05, 0) is 18.4 Å². The molecule has 0 fully saturated rings. The van der Waals surface area contributed by atoms with Crippen LogP contribution in [0.15, 0.2) is 36.4 Å². The van der Waals surface area contributed by atoms with Gasteiger partial charge in [-0.3, -0.25) is 0 Å². The second-order valence-corrected chi connectivity index (χ2v) is 5.33. The Bertz CT molecular complexity index is 537. The van der Waals surface area contributed by atoms with Crippen LogP contribution in [0.1, 0.15) is 25.1 Å². The van der Waals surface area contributed by atoms with Crippen molar-refractivity contribution in [1.82, 2.24) is 9.97 Å². The molecule has 4 nitrogen and oxygen atoms in total. The molecule has 0 saturated heterocycles. The number of benzene rings is 1. The molecule has 4 heteroatoms. The number of aryl methyl sites for hydroxylation is 1. The summed E-state index contributed by atoms with van der Waals surface area (Å²) in [6.07, 6.45) is 0. The van der Waals surface area contributed by atoms with Gasteiger partial charge in [0.25, 0.3) is 0 Å². The van der Waals surface area contributed by atoms with Crippen LogP contribution in [0.2, 0.25) is 0 Å². The van der Waals surface area contributed by atoms with Crippen molar-refractivity contribution in [2.45, 2.75) is 27.3 Å². The van der Waals surface area contributed by atoms with E-state index in [1.807, 2.05) is 31.2 Å². The highest BCUT2D eigenvalue weighted by Gasteiger charge is 2.03. The molecule has 2 N–H and O–H groups in total. The Morgan fingerprint density at radius 2 is 1.80 bits per heavy atom. The van der Waals surface area contributed by atoms with Crippen molar-refractivity contribution < 1.29 is 0 Å². The van der Waals surface area contributed by atoms with E-state index in [0.717, 1.165) is 24.6 Å². The zero-order valence-electron chi connectivity index (χ0n) is 12.4. The third-order valence-electron chi connectivity index (χ3n) is 2.84. The van der Waals surface area contributed by atoms with Crippen LogP contribution in [0.4, 0.5) is 11.8 Å². The fourth-order valence-electron chi connectivity index (χ4n) is 1.82. The zero-order chi connectivity index (χ0) is 14.4. The number of hydrogen-bond acceptors (Lipinski definition) is 4. The van der Waals surface area contributed by atoms with E-state index in [1.165, 1.54) is 5.56 Å². The van der Waals surface area contributed by atoms with Crippen LogP contribution < -0.4 is 10.6 Å². The van der Waals surface area contributed by atoms with E-state index >= 15 is 0 Å². The highest BCUT2D eigenvalue weighted by molar-refractivity contribution is 5.42. The maximum Gasteiger partial charge on any atom is 0.224 e. The van der Waals surface area contributed by atoms with Crippen molar-refractivity contribution in [3.05, 3.63) is 47.7 Å². The van der Waals surface area contributed by atoms with Gasteiger partial charge in [-0.2, -0.15) is 4.98 Å². The van der Waals surface area contributed by atoms with Gasteiger partial charge in [0.2, 0.25) is 5.95 Å². The number of rotatable bonds is 6. The standard InChI is InChI=1S/C16H22N4/c1-12(2)10-18-16-19-13(3)9-15(20-16)17-11-14-7-5-4-6-8-14/h4-9,12H,10-11H2,1-3H3,(H2,17,18,19,20). The molecule has 0 amide bonds. The molecular formula is C16H22N4. The van der Waals surface area contributed by atoms with Crippen LogP contribution in [-0.4, -0.2) is 16.5 Å². The Morgan fingerprint density at radius 1 is 1.05 bits per heavy atom. The molecule has 106 valence electrons. The van der Waals surface area contributed by atoms with Gasteiger partial charge < -0.3 is 10.6 Å². The summed E-state index contributed by atoms with van der Waals surface area (Å²) < 4.78 is 0. The second-order valence-electron chi connectivity index (χ2n) is 5.33. The van der Waals surface area contributed by atoms with Crippen LogP contribution in [0.5, 0.6) is 0 Å². The van der Waals surface area contributed by atoms with E-state index in [9.17, 15) is 0 Å². The monoisotopic (exact) mass is 270 g/mol. The number of nitrogens with one attached hydrogen (secondary N) is 2. The van der Waals surface area contributed by atoms with Gasteiger partial charge in [-0.15, -0.1) is 0 Å². The first-order valence-corrected chi connectivity index (χ1v) is 7.01. The smallest absolute Gasteiger partial charge is 0.224 e. The molecule has 0 radical (unpaired) electrons. The molecule has 0 spiro atoms. The van der Waals surface area contributed by atoms with Crippen LogP contribution in [0, 0.1) is 12.8 Å². The molecule has 1 aromatic heterocycles. The highest BCUT2D eigenvalue weighted by atomic mass is 15.1. The molecule has 20 heavy (non-hydrogen) atoms. The lowest BCUT2D eigenvalue weighted by molar-refractivity contribution is 0.684. The summed E-state index contributed by atoms with van der Waals surface area (Å²) in [6.45, 7) is 7.95. The number of aromatic nitrogens is 2. The average Bonchev–Trinajstić information content (AvgIpc) is 2.44. The van der Waals surface area contributed by atoms with Gasteiger partial charge in [-0.1, -0.05) is 44.2 Å². The third kappa shape index (κ3) is 4.53. The van der Waals surface area contributed by atoms with Gasteiger partial charge >= 0.3 is 0 Å². The first-order valence-electron chi connectivity index (χ1n) is 7.01. The number of nitrogens with zero attached hydrogens (tertiary/aromatic N) is 2. The summed E-state index contributed by atoms with van der Waals surface area (Å²) in [4.78, 5) is 8.89. The molecule has 2 aromatic rings. The minimum absolute atomic E-state index is 0.569. The molecular weight excluding hydrogens is 248 g/mol. The van der Waals surface area contributed by atoms with Crippen molar-refractivity contribution in [2.24, 2.45) is 5.92 Å². The summed E-state index contributed by atoms with van der Waals surface area (Å²) in [6, 6.07) is 12.3. The molecule has 1 heterocycles. The molecule has 0 aliphatic carbocycles. The highest BCUT2D eigenvalue weighted by Crippen LogP contribution is 2.11. The van der Waals surface area contributed by atoms with E-state index in [1.54, 1.807) is 0 Å². The maximum atomic E-state index is 4.49. The molecule has 0 saturated carbocycles. The lowest BCUT2D eigenvalue weighted by Crippen LogP contribution is -2.12. The molecule has 2 rings (SSSR count). The van der Waals surface area contributed by atoms with Crippen molar-refractivity contribution in [3.63, 3.8) is 0 Å². The Kier molecular flexibility index (Phi) is 4.93. The molecule has 0 bridgehead atoms. The first-order chi connectivity index (χ1) is 9.63. The zero-order valence-corrected chi connectivity index (χ0v) is 12.4. The van der Waals surface area contributed by atoms with Crippen molar-refractivity contribution >= 4 is 11.8 Å². The predicted octanol–water partition coefficient (Wildman–Crippen LogP) is 3.47. The SMILES string of the molecule is Cc1cc(NCc2ccccc2)nc(NCC(C)C)n1. The van der Waals surface area contributed by atoms with Gasteiger partial charge in [-0.25, -0.2) is 4.98 Å². The van der Waals surface area contributed by atoms with Gasteiger partial charge in [0.15, 0.2) is 0 Å². The summed E-state index contributed by atoms with van der Waals surface area (Å²) in [5, 5.41) is 6.60. The lowest BCUT2D eigenvalue weighted by Gasteiger charge is -2.11. The minimum atomic E-state index is 0.569. The Morgan fingerprint density at radius 3 is 2.50 bits per heavy atom. The number of hydrogen-bond donors (Lipinski definition) is 2. The van der Waals surface area contributed by atoms with Crippen molar-refractivity contribution in [3.8, 4) is 0 Å². The minimum Gasteiger partial charge on any atom is -0.366 e. The molecule has 1 aromatic carbocycles. The number of anilines is 2. The predicted molar refractivity (Wildman–Crippen MR) is 83.9 cm³/mol. The van der Waals surface area contributed by atoms with Gasteiger partial charge in [0.05, 0.1) is 0 Å². The van der Waals surface area contributed by atoms with Crippen LogP contribution in [0.25, 0.3) is 0 Å². The summed E-state index contributed by atoms with van der Waals surface area (Å²) >= 11 is 0. The quantitative estimate of drug-likeness (QED) is 0.844. The average molecular weight is 270 g/mol. The fraction of sp³-hybridized carbons (Fsp3) is 0.375. The van der Waals surface area contributed by atoms with Crippen LogP contribution in [-0.2, 0) is 6.54 Å². The van der Waals surface area contributed by atoms with E-state index in [2.05, 4.69) is 46.6 Å². The summed E-state index contributed by atoms with van der Waals surface area (Å²) in [7, 11) is 0. The Balaban J connectivity index is 2.00. The normalized spacial score (nSPS) is 10.6. The van der Waals surface area contributed by atoms with E-state index < -0.39 is 0 Å². The van der Waals surface area contributed by atoms with E-state index in [-0.39, 0.29) is 0 Å². The lowest BCUT2D eigenvalue weighted by atomic mass is 10.2. The van der Waals surface area contributed by atoms with E-state index in [0.29, 0.717) is 11.9 Å². The molecule has 0 atom stereocenters. The molecule has 0 unspecified atom stereocenters. The fourth-order valence-corrected chi connectivity index (χ4v) is 1.82. The maximum absolute atomic E-state index is 4.49. The topological polar surface area (TPSA) is 49.8 Å². The third-order valence-corrected chi connectivity index (χ3v) is 2.84. The molecule has 0 aliphatic heterocycles. The van der Waals surface area contributed by atoms with Crippen LogP contribution >= 0.6 is 0 Å². The van der Waals surface area contributed by atoms with Crippen molar-refractivity contribution in [2.75, 3.05) is 17.2 Å². The van der Waals surface area contributed by atoms with Gasteiger partial charge in [0, 0.05) is 24.8 Å². The Labute approximate surface area is 120 Å². The summed E-state index contributed by atoms with van der Waals surface area (Å²) in [5.41, 5.74) is 2.20. The largest absolute Gasteiger partial charge is 0.366 e.